The molecule has 12 rings (SSSR count). The molecule has 3 heterocycles. The maximum Gasteiger partial charge on any atom is 0.0782 e. The highest BCUT2D eigenvalue weighted by molar-refractivity contribution is 6.16. The number of fused-ring (bicyclic) bond motifs is 9. The summed E-state index contributed by atoms with van der Waals surface area (Å²) in [7, 11) is 0. The van der Waals surface area contributed by atoms with Gasteiger partial charge in [-0.3, -0.25) is 0 Å². The number of para-hydroxylation sites is 5. The number of aromatic nitrogens is 3. The first-order valence-corrected chi connectivity index (χ1v) is 17.1. The van der Waals surface area contributed by atoms with Crippen molar-refractivity contribution < 1.29 is 42.5 Å². The molecule has 0 amide bonds. The van der Waals surface area contributed by atoms with Crippen molar-refractivity contribution in [3.05, 3.63) is 212 Å². The van der Waals surface area contributed by atoms with Crippen molar-refractivity contribution in [2.75, 3.05) is 0 Å². The molecule has 0 atom stereocenters. The lowest BCUT2D eigenvalue weighted by molar-refractivity contribution is 1.13. The lowest BCUT2D eigenvalue weighted by atomic mass is 10.00. The minimum atomic E-state index is -1.02. The molecule has 0 aliphatic heterocycles. The largest absolute Gasteiger partial charge is 0.309 e. The lowest BCUT2D eigenvalue weighted by Crippen LogP contribution is -2.01. The zero-order chi connectivity index (χ0) is 64.4. The predicted molar refractivity (Wildman–Crippen MR) is 240 cm³/mol. The highest BCUT2D eigenvalue weighted by Gasteiger charge is 2.21. The van der Waals surface area contributed by atoms with Crippen molar-refractivity contribution in [1.82, 2.24) is 13.7 Å². The molecule has 0 aliphatic rings. The Bertz CT molecular complexity index is 5210. The topological polar surface area (TPSA) is 14.8 Å². The fourth-order valence-corrected chi connectivity index (χ4v) is 7.22. The SMILES string of the molecule is [2H]c1c([2H])c([2H])c(-c2c([2H])c([2H])c(-c3cccc(-n4c5c([2H])c([2H])c([2H])c([2H])c5c5c([2H])c(-n6c7c([2H])c([2H])c([2H])c([2H])c7c7c([2H])c([2H])c([2H])c(-n8c9c([2H])c([2H])c([2H])c([2H])c9c9c([2H])c([2H])c([2H])c([2H])c98)c76)c([2H])c([2H])c54)c3)c([2H])c2[2H])c([2H])c1[2H]. The Morgan fingerprint density at radius 1 is 0.316 bits per heavy atom. The molecule has 0 unspecified atom stereocenters. The molecule has 3 nitrogen and oxygen atoms in total. The summed E-state index contributed by atoms with van der Waals surface area (Å²) in [6, 6.07) is -21.6. The van der Waals surface area contributed by atoms with Crippen molar-refractivity contribution in [3.63, 3.8) is 0 Å². The van der Waals surface area contributed by atoms with E-state index in [1.807, 2.05) is 0 Å². The van der Waals surface area contributed by atoms with Gasteiger partial charge in [0.2, 0.25) is 0 Å². The minimum Gasteiger partial charge on any atom is -0.309 e. The highest BCUT2D eigenvalue weighted by atomic mass is 15.1. The maximum atomic E-state index is 10.3. The normalized spacial score (nSPS) is 19.5. The molecule has 12 aromatic rings. The van der Waals surface area contributed by atoms with Crippen LogP contribution in [0, 0.1) is 0 Å². The molecule has 0 saturated carbocycles. The third-order valence-corrected chi connectivity index (χ3v) is 9.59. The van der Waals surface area contributed by atoms with Gasteiger partial charge in [-0.05, 0) is 82.7 Å². The van der Waals surface area contributed by atoms with Crippen molar-refractivity contribution in [2.24, 2.45) is 0 Å². The van der Waals surface area contributed by atoms with Crippen molar-refractivity contribution >= 4 is 65.4 Å². The first-order chi connectivity index (χ1) is 41.2. The molecule has 0 fully saturated rings. The van der Waals surface area contributed by atoms with E-state index in [9.17, 15) is 19.2 Å². The number of benzene rings is 9. The van der Waals surface area contributed by atoms with Crippen LogP contribution in [-0.4, -0.2) is 13.7 Å². The van der Waals surface area contributed by atoms with Gasteiger partial charge >= 0.3 is 0 Å². The van der Waals surface area contributed by atoms with Crippen LogP contribution in [0.1, 0.15) is 42.5 Å². The van der Waals surface area contributed by atoms with E-state index >= 15 is 0 Å². The Labute approximate surface area is 373 Å². The molecule has 0 saturated heterocycles. The van der Waals surface area contributed by atoms with Crippen LogP contribution in [0.3, 0.4) is 0 Å². The molecular formula is C54H35N3. The second-order valence-electron chi connectivity index (χ2n) is 12.6. The van der Waals surface area contributed by atoms with E-state index in [0.29, 0.717) is 0 Å². The van der Waals surface area contributed by atoms with E-state index in [0.717, 1.165) is 13.7 Å². The number of hydrogen-bond acceptors (Lipinski definition) is 0. The van der Waals surface area contributed by atoms with Crippen LogP contribution >= 0.6 is 0 Å². The Kier molecular flexibility index (Phi) is 3.02. The molecule has 57 heavy (non-hydrogen) atoms. The van der Waals surface area contributed by atoms with Gasteiger partial charge in [0, 0.05) is 43.7 Å². The van der Waals surface area contributed by atoms with Crippen molar-refractivity contribution in [3.8, 4) is 39.3 Å². The first kappa shape index (κ1) is 13.8. The molecule has 0 radical (unpaired) electrons. The van der Waals surface area contributed by atoms with E-state index in [-0.39, 0.29) is 11.3 Å². The Morgan fingerprint density at radius 2 is 0.807 bits per heavy atom. The monoisotopic (exact) mass is 756 g/mol. The van der Waals surface area contributed by atoms with E-state index < -0.39 is 281 Å². The molecular weight excluding hydrogens is 691 g/mol. The minimum absolute atomic E-state index is 0.115. The second kappa shape index (κ2) is 12.5. The fraction of sp³-hybridized carbons (Fsp3) is 0. The summed E-state index contributed by atoms with van der Waals surface area (Å²) in [6.45, 7) is 0. The predicted octanol–water partition coefficient (Wildman–Crippen LogP) is 14.3. The van der Waals surface area contributed by atoms with Crippen molar-refractivity contribution in [2.45, 2.75) is 0 Å². The van der Waals surface area contributed by atoms with Gasteiger partial charge in [-0.25, -0.2) is 0 Å². The van der Waals surface area contributed by atoms with Gasteiger partial charge in [-0.1, -0.05) is 151 Å². The summed E-state index contributed by atoms with van der Waals surface area (Å²) < 4.78 is 284. The summed E-state index contributed by atoms with van der Waals surface area (Å²) in [5, 5.41) is -3.26. The molecule has 3 aromatic heterocycles. The van der Waals surface area contributed by atoms with Gasteiger partial charge in [0.15, 0.2) is 0 Å². The Hall–Kier alpha value is -7.62. The molecule has 9 aromatic carbocycles. The number of hydrogen-bond donors (Lipinski definition) is 0. The van der Waals surface area contributed by atoms with E-state index in [1.54, 1.807) is 0 Å². The molecule has 0 spiro atoms. The average molecular weight is 757 g/mol. The molecule has 0 aliphatic carbocycles. The third kappa shape index (κ3) is 4.79. The van der Waals surface area contributed by atoms with Gasteiger partial charge in [0.05, 0.1) is 81.3 Å². The van der Waals surface area contributed by atoms with Gasteiger partial charge < -0.3 is 13.7 Å². The zero-order valence-electron chi connectivity index (χ0n) is 59.7. The van der Waals surface area contributed by atoms with Gasteiger partial charge in [-0.15, -0.1) is 0 Å². The Morgan fingerprint density at radius 3 is 1.47 bits per heavy atom. The average Bonchev–Trinajstić information content (AvgIpc) is 1.52. The van der Waals surface area contributed by atoms with Crippen molar-refractivity contribution in [1.29, 1.82) is 0 Å². The summed E-state index contributed by atoms with van der Waals surface area (Å²) in [5.74, 6) is 0. The molecule has 0 N–H and O–H groups in total. The van der Waals surface area contributed by atoms with E-state index in [2.05, 4.69) is 0 Å². The maximum absolute atomic E-state index is 10.3. The van der Waals surface area contributed by atoms with E-state index in [1.165, 1.54) is 24.3 Å². The third-order valence-electron chi connectivity index (χ3n) is 9.59. The first-order valence-electron chi connectivity index (χ1n) is 32.6. The van der Waals surface area contributed by atoms with Crippen LogP contribution in [0.4, 0.5) is 0 Å². The number of nitrogens with zero attached hydrogens (tertiary/aromatic N) is 3. The van der Waals surface area contributed by atoms with Crippen LogP contribution < -0.4 is 0 Å². The zero-order valence-corrected chi connectivity index (χ0v) is 28.7. The Balaban J connectivity index is 1.27. The van der Waals surface area contributed by atoms with Crippen LogP contribution in [0.25, 0.3) is 105 Å². The standard InChI is InChI=1S/C54H35N3/c1-2-14-36(15-3-1)37-28-30-38(31-29-37)39-16-12-17-40(34-39)55-48-23-8-7-21-45(48)47-35-41(32-33-52(47)55)56-49-24-9-6-20-44(49)46-22-13-27-53(54(46)56)57-50-25-10-4-18-42(50)43-19-5-11-26-51(43)57/h1-35H/i1D,2D,3D,4D,5D,6D,7D,8D,9D,10D,11D,13D,14D,15D,18D,19D,20D,21D,22D,23D,24D,25D,26D,27D,28D,29D,30D,31D,32D,33D,35D. The molecule has 3 heteroatoms. The van der Waals surface area contributed by atoms with Gasteiger partial charge in [0.1, 0.15) is 0 Å². The quantitative estimate of drug-likeness (QED) is 0.166. The summed E-state index contributed by atoms with van der Waals surface area (Å²) >= 11 is 0. The van der Waals surface area contributed by atoms with Crippen LogP contribution in [0.5, 0.6) is 0 Å². The second-order valence-corrected chi connectivity index (χ2v) is 12.6. The smallest absolute Gasteiger partial charge is 0.0782 e. The summed E-state index contributed by atoms with van der Waals surface area (Å²) in [5.41, 5.74) is -7.09. The summed E-state index contributed by atoms with van der Waals surface area (Å²) in [4.78, 5) is 0. The number of rotatable bonds is 5. The lowest BCUT2D eigenvalue weighted by Gasteiger charge is -2.15. The highest BCUT2D eigenvalue weighted by Crippen LogP contribution is 2.41. The van der Waals surface area contributed by atoms with Crippen LogP contribution in [0.2, 0.25) is 0 Å². The molecule has 0 bridgehead atoms. The summed E-state index contributed by atoms with van der Waals surface area (Å²) in [6.07, 6.45) is 0. The van der Waals surface area contributed by atoms with Crippen LogP contribution in [0.15, 0.2) is 212 Å². The molecule has 266 valence electrons. The fourth-order valence-electron chi connectivity index (χ4n) is 7.22. The van der Waals surface area contributed by atoms with Gasteiger partial charge in [-0.2, -0.15) is 0 Å². The van der Waals surface area contributed by atoms with Gasteiger partial charge in [0.25, 0.3) is 0 Å². The van der Waals surface area contributed by atoms with E-state index in [4.69, 9.17) is 23.3 Å². The van der Waals surface area contributed by atoms with Crippen LogP contribution in [-0.2, 0) is 0 Å².